The SMILES string of the molecule is CC1(C)CC[C@@H](O)[C@H](Nc2ncc(C(=O)OC(C)(C)C)o2)C1. The van der Waals surface area contributed by atoms with Crippen molar-refractivity contribution in [1.29, 1.82) is 0 Å². The third kappa shape index (κ3) is 4.47. The molecule has 0 radical (unpaired) electrons. The van der Waals surface area contributed by atoms with E-state index in [-0.39, 0.29) is 23.2 Å². The molecular formula is C16H26N2O4. The topological polar surface area (TPSA) is 84.6 Å². The van der Waals surface area contributed by atoms with Crippen LogP contribution >= 0.6 is 0 Å². The first-order valence-electron chi connectivity index (χ1n) is 7.69. The van der Waals surface area contributed by atoms with Crippen molar-refractivity contribution in [2.45, 2.75) is 71.6 Å². The summed E-state index contributed by atoms with van der Waals surface area (Å²) in [4.78, 5) is 16.0. The zero-order valence-corrected chi connectivity index (χ0v) is 14.0. The predicted molar refractivity (Wildman–Crippen MR) is 82.7 cm³/mol. The third-order valence-corrected chi connectivity index (χ3v) is 3.77. The molecule has 22 heavy (non-hydrogen) atoms. The van der Waals surface area contributed by atoms with Crippen molar-refractivity contribution in [2.24, 2.45) is 5.41 Å². The number of carbonyl (C=O) groups is 1. The summed E-state index contributed by atoms with van der Waals surface area (Å²) in [5, 5.41) is 13.2. The first-order valence-corrected chi connectivity index (χ1v) is 7.69. The smallest absolute Gasteiger partial charge is 0.376 e. The molecule has 1 heterocycles. The summed E-state index contributed by atoms with van der Waals surface area (Å²) in [5.74, 6) is -0.487. The molecule has 0 aromatic carbocycles. The second-order valence-electron chi connectivity index (χ2n) is 7.76. The van der Waals surface area contributed by atoms with E-state index in [0.29, 0.717) is 0 Å². The Hall–Kier alpha value is -1.56. The molecule has 124 valence electrons. The van der Waals surface area contributed by atoms with E-state index in [4.69, 9.17) is 9.15 Å². The van der Waals surface area contributed by atoms with Crippen molar-refractivity contribution in [3.63, 3.8) is 0 Å². The Morgan fingerprint density at radius 2 is 2.18 bits per heavy atom. The quantitative estimate of drug-likeness (QED) is 0.835. The molecule has 1 saturated carbocycles. The number of esters is 1. The van der Waals surface area contributed by atoms with Gasteiger partial charge in [0.2, 0.25) is 5.76 Å². The van der Waals surface area contributed by atoms with Crippen LogP contribution in [-0.2, 0) is 4.74 Å². The largest absolute Gasteiger partial charge is 0.454 e. The number of aliphatic hydroxyl groups excluding tert-OH is 1. The average molecular weight is 310 g/mol. The molecule has 0 spiro atoms. The van der Waals surface area contributed by atoms with Crippen molar-refractivity contribution in [3.05, 3.63) is 12.0 Å². The molecule has 1 aliphatic carbocycles. The Bertz CT molecular complexity index is 530. The van der Waals surface area contributed by atoms with Gasteiger partial charge in [-0.25, -0.2) is 9.78 Å². The zero-order chi connectivity index (χ0) is 16.5. The van der Waals surface area contributed by atoms with Crippen LogP contribution in [0.4, 0.5) is 6.01 Å². The van der Waals surface area contributed by atoms with Gasteiger partial charge in [0.25, 0.3) is 6.01 Å². The molecule has 2 N–H and O–H groups in total. The predicted octanol–water partition coefficient (Wildman–Crippen LogP) is 2.98. The fourth-order valence-electron chi connectivity index (χ4n) is 2.64. The number of aliphatic hydroxyl groups is 1. The van der Waals surface area contributed by atoms with Gasteiger partial charge in [-0.2, -0.15) is 0 Å². The fraction of sp³-hybridized carbons (Fsp3) is 0.750. The van der Waals surface area contributed by atoms with Crippen LogP contribution in [0.3, 0.4) is 0 Å². The van der Waals surface area contributed by atoms with Crippen molar-refractivity contribution in [2.75, 3.05) is 5.32 Å². The maximum atomic E-state index is 11.9. The van der Waals surface area contributed by atoms with Crippen molar-refractivity contribution in [3.8, 4) is 0 Å². The lowest BCUT2D eigenvalue weighted by molar-refractivity contribution is 0.00366. The van der Waals surface area contributed by atoms with Crippen LogP contribution in [0.1, 0.15) is 64.4 Å². The second-order valence-corrected chi connectivity index (χ2v) is 7.76. The lowest BCUT2D eigenvalue weighted by Gasteiger charge is -2.38. The Labute approximate surface area is 131 Å². The maximum Gasteiger partial charge on any atom is 0.376 e. The lowest BCUT2D eigenvalue weighted by Crippen LogP contribution is -2.42. The highest BCUT2D eigenvalue weighted by Crippen LogP contribution is 2.36. The van der Waals surface area contributed by atoms with E-state index in [1.807, 2.05) is 0 Å². The second kappa shape index (κ2) is 5.91. The van der Waals surface area contributed by atoms with Crippen LogP contribution in [-0.4, -0.2) is 33.8 Å². The van der Waals surface area contributed by atoms with E-state index in [1.165, 1.54) is 6.20 Å². The van der Waals surface area contributed by atoms with E-state index in [9.17, 15) is 9.90 Å². The number of ether oxygens (including phenoxy) is 1. The average Bonchev–Trinajstić information content (AvgIpc) is 2.80. The molecule has 1 aliphatic rings. The summed E-state index contributed by atoms with van der Waals surface area (Å²) in [6.45, 7) is 9.73. The summed E-state index contributed by atoms with van der Waals surface area (Å²) >= 11 is 0. The summed E-state index contributed by atoms with van der Waals surface area (Å²) in [5.41, 5.74) is -0.418. The fourth-order valence-corrected chi connectivity index (χ4v) is 2.64. The molecule has 2 rings (SSSR count). The van der Waals surface area contributed by atoms with Crippen molar-refractivity contribution >= 4 is 12.0 Å². The van der Waals surface area contributed by atoms with E-state index in [0.717, 1.165) is 19.3 Å². The van der Waals surface area contributed by atoms with Gasteiger partial charge >= 0.3 is 5.97 Å². The highest BCUT2D eigenvalue weighted by atomic mass is 16.6. The third-order valence-electron chi connectivity index (χ3n) is 3.77. The van der Waals surface area contributed by atoms with Gasteiger partial charge in [0.15, 0.2) is 0 Å². The Balaban J connectivity index is 2.01. The van der Waals surface area contributed by atoms with Gasteiger partial charge in [0, 0.05) is 0 Å². The van der Waals surface area contributed by atoms with Crippen molar-refractivity contribution < 1.29 is 19.1 Å². The minimum absolute atomic E-state index is 0.0574. The van der Waals surface area contributed by atoms with Gasteiger partial charge in [0.05, 0.1) is 18.3 Å². The van der Waals surface area contributed by atoms with E-state index >= 15 is 0 Å². The zero-order valence-electron chi connectivity index (χ0n) is 14.0. The van der Waals surface area contributed by atoms with E-state index in [1.54, 1.807) is 20.8 Å². The number of hydrogen-bond acceptors (Lipinski definition) is 6. The minimum atomic E-state index is -0.582. The number of hydrogen-bond donors (Lipinski definition) is 2. The highest BCUT2D eigenvalue weighted by molar-refractivity contribution is 5.86. The molecule has 1 fully saturated rings. The highest BCUT2D eigenvalue weighted by Gasteiger charge is 2.34. The van der Waals surface area contributed by atoms with Gasteiger partial charge < -0.3 is 19.6 Å². The standard InChI is InChI=1S/C16H26N2O4/c1-15(2,3)22-13(20)12-9-17-14(21-12)18-10-8-16(4,5)7-6-11(10)19/h9-11,19H,6-8H2,1-5H3,(H,17,18)/t10-,11-/m1/s1. The molecule has 6 nitrogen and oxygen atoms in total. The van der Waals surface area contributed by atoms with Crippen molar-refractivity contribution in [1.82, 2.24) is 4.98 Å². The van der Waals surface area contributed by atoms with Gasteiger partial charge in [-0.05, 0) is 45.4 Å². The van der Waals surface area contributed by atoms with Crippen LogP contribution < -0.4 is 5.32 Å². The number of nitrogens with zero attached hydrogens (tertiary/aromatic N) is 1. The first kappa shape index (κ1) is 16.8. The molecule has 2 atom stereocenters. The number of rotatable bonds is 3. The van der Waals surface area contributed by atoms with Crippen LogP contribution in [0.25, 0.3) is 0 Å². The molecule has 0 unspecified atom stereocenters. The molecular weight excluding hydrogens is 284 g/mol. The summed E-state index contributed by atoms with van der Waals surface area (Å²) < 4.78 is 10.6. The Morgan fingerprint density at radius 1 is 1.50 bits per heavy atom. The molecule has 0 amide bonds. The monoisotopic (exact) mass is 310 g/mol. The summed E-state index contributed by atoms with van der Waals surface area (Å²) in [7, 11) is 0. The number of carbonyl (C=O) groups excluding carboxylic acids is 1. The Kier molecular flexibility index (Phi) is 4.52. The minimum Gasteiger partial charge on any atom is -0.454 e. The summed E-state index contributed by atoms with van der Waals surface area (Å²) in [6.07, 6.45) is 3.45. The molecule has 1 aromatic rings. The van der Waals surface area contributed by atoms with Crippen LogP contribution in [0, 0.1) is 5.41 Å². The van der Waals surface area contributed by atoms with E-state index in [2.05, 4.69) is 24.1 Å². The number of oxazole rings is 1. The summed E-state index contributed by atoms with van der Waals surface area (Å²) in [6, 6.07) is 0.108. The van der Waals surface area contributed by atoms with Crippen LogP contribution in [0.2, 0.25) is 0 Å². The van der Waals surface area contributed by atoms with Crippen LogP contribution in [0.15, 0.2) is 10.6 Å². The van der Waals surface area contributed by atoms with Gasteiger partial charge in [-0.3, -0.25) is 0 Å². The lowest BCUT2D eigenvalue weighted by atomic mass is 9.74. The van der Waals surface area contributed by atoms with Gasteiger partial charge in [-0.1, -0.05) is 13.8 Å². The number of nitrogens with one attached hydrogen (secondary N) is 1. The van der Waals surface area contributed by atoms with Gasteiger partial charge in [-0.15, -0.1) is 0 Å². The molecule has 0 aliphatic heterocycles. The molecule has 0 bridgehead atoms. The molecule has 0 saturated heterocycles. The molecule has 6 heteroatoms. The molecule has 1 aromatic heterocycles. The normalized spacial score (nSPS) is 24.8. The number of anilines is 1. The maximum absolute atomic E-state index is 11.9. The van der Waals surface area contributed by atoms with Crippen LogP contribution in [0.5, 0.6) is 0 Å². The van der Waals surface area contributed by atoms with Gasteiger partial charge in [0.1, 0.15) is 5.60 Å². The number of aromatic nitrogens is 1. The Morgan fingerprint density at radius 3 is 2.82 bits per heavy atom. The first-order chi connectivity index (χ1) is 10.1. The van der Waals surface area contributed by atoms with E-state index < -0.39 is 17.7 Å².